The van der Waals surface area contributed by atoms with Crippen LogP contribution in [0.4, 0.5) is 0 Å². The number of ether oxygens (including phenoxy) is 1. The lowest BCUT2D eigenvalue weighted by molar-refractivity contribution is -0.131. The van der Waals surface area contributed by atoms with Crippen LogP contribution in [0.25, 0.3) is 6.08 Å². The van der Waals surface area contributed by atoms with E-state index in [9.17, 15) is 14.4 Å². The summed E-state index contributed by atoms with van der Waals surface area (Å²) in [6, 6.07) is 13.3. The van der Waals surface area contributed by atoms with Crippen LogP contribution in [-0.4, -0.2) is 30.4 Å². The van der Waals surface area contributed by atoms with Gasteiger partial charge in [0, 0.05) is 17.5 Å². The number of amides is 3. The summed E-state index contributed by atoms with van der Waals surface area (Å²) in [6.07, 6.45) is 3.52. The van der Waals surface area contributed by atoms with Gasteiger partial charge in [-0.05, 0) is 43.2 Å². The van der Waals surface area contributed by atoms with E-state index < -0.39 is 17.9 Å². The molecular formula is C22H23Cl2N3O4. The maximum atomic E-state index is 12.0. The average molecular weight is 464 g/mol. The second-order valence-electron chi connectivity index (χ2n) is 6.54. The zero-order valence-electron chi connectivity index (χ0n) is 16.9. The van der Waals surface area contributed by atoms with E-state index in [4.69, 9.17) is 27.9 Å². The van der Waals surface area contributed by atoms with Gasteiger partial charge in [-0.1, -0.05) is 53.5 Å². The molecule has 2 aromatic carbocycles. The fraction of sp³-hybridized carbons (Fsp3) is 0.227. The monoisotopic (exact) mass is 463 g/mol. The predicted molar refractivity (Wildman–Crippen MR) is 121 cm³/mol. The van der Waals surface area contributed by atoms with E-state index in [-0.39, 0.29) is 18.9 Å². The molecule has 2 rings (SSSR count). The third kappa shape index (κ3) is 9.11. The van der Waals surface area contributed by atoms with Crippen molar-refractivity contribution in [2.45, 2.75) is 25.8 Å². The quantitative estimate of drug-likeness (QED) is 0.301. The Morgan fingerprint density at radius 1 is 1.06 bits per heavy atom. The molecule has 9 heteroatoms. The van der Waals surface area contributed by atoms with E-state index in [1.165, 1.54) is 13.0 Å². The summed E-state index contributed by atoms with van der Waals surface area (Å²) in [5.74, 6) is -0.873. The molecule has 1 atom stereocenters. The highest BCUT2D eigenvalue weighted by Gasteiger charge is 2.15. The number of hydrogen-bond donors (Lipinski definition) is 3. The smallest absolute Gasteiger partial charge is 0.260 e. The summed E-state index contributed by atoms with van der Waals surface area (Å²) < 4.78 is 5.49. The van der Waals surface area contributed by atoms with E-state index in [2.05, 4.69) is 16.2 Å². The molecule has 0 aromatic heterocycles. The molecule has 3 amide bonds. The highest BCUT2D eigenvalue weighted by Crippen LogP contribution is 2.27. The van der Waals surface area contributed by atoms with E-state index in [1.807, 2.05) is 30.3 Å². The lowest BCUT2D eigenvalue weighted by Gasteiger charge is -2.13. The predicted octanol–water partition coefficient (Wildman–Crippen LogP) is 3.52. The molecule has 0 heterocycles. The molecule has 0 spiro atoms. The molecule has 0 aliphatic rings. The maximum absolute atomic E-state index is 12.0. The summed E-state index contributed by atoms with van der Waals surface area (Å²) in [7, 11) is 0. The summed E-state index contributed by atoms with van der Waals surface area (Å²) in [5, 5.41) is 3.41. The number of halogens is 2. The van der Waals surface area contributed by atoms with Gasteiger partial charge in [-0.3, -0.25) is 25.2 Å². The average Bonchev–Trinajstić information content (AvgIpc) is 2.75. The van der Waals surface area contributed by atoms with Crippen LogP contribution < -0.4 is 20.9 Å². The number of benzene rings is 2. The van der Waals surface area contributed by atoms with Gasteiger partial charge in [-0.2, -0.15) is 0 Å². The molecule has 1 unspecified atom stereocenters. The Morgan fingerprint density at radius 2 is 1.81 bits per heavy atom. The molecular weight excluding hydrogens is 441 g/mol. The normalized spacial score (nSPS) is 11.6. The second kappa shape index (κ2) is 12.6. The molecule has 0 radical (unpaired) electrons. The van der Waals surface area contributed by atoms with Crippen LogP contribution in [-0.2, 0) is 14.4 Å². The van der Waals surface area contributed by atoms with Gasteiger partial charge in [0.2, 0.25) is 11.8 Å². The molecule has 0 saturated heterocycles. The Morgan fingerprint density at radius 3 is 2.52 bits per heavy atom. The topological polar surface area (TPSA) is 96.5 Å². The Kier molecular flexibility index (Phi) is 9.87. The Balaban J connectivity index is 1.63. The number of hydrogen-bond acceptors (Lipinski definition) is 4. The van der Waals surface area contributed by atoms with Crippen molar-refractivity contribution in [2.75, 3.05) is 6.61 Å². The zero-order valence-corrected chi connectivity index (χ0v) is 18.4. The minimum Gasteiger partial charge on any atom is -0.492 e. The van der Waals surface area contributed by atoms with E-state index in [0.29, 0.717) is 22.2 Å². The first-order valence-electron chi connectivity index (χ1n) is 9.55. The first-order chi connectivity index (χ1) is 14.8. The van der Waals surface area contributed by atoms with Crippen LogP contribution in [0.3, 0.4) is 0 Å². The lowest BCUT2D eigenvalue weighted by atomic mass is 10.2. The van der Waals surface area contributed by atoms with E-state index in [0.717, 1.165) is 5.56 Å². The SMILES string of the molecule is CC(NC(=O)/C=C/c1ccccc1)C(=O)NNC(=O)CCCOc1ccc(Cl)cc1Cl. The van der Waals surface area contributed by atoms with Crippen molar-refractivity contribution in [3.63, 3.8) is 0 Å². The highest BCUT2D eigenvalue weighted by molar-refractivity contribution is 6.35. The van der Waals surface area contributed by atoms with Crippen LogP contribution in [0, 0.1) is 0 Å². The number of hydrazine groups is 1. The van der Waals surface area contributed by atoms with Gasteiger partial charge < -0.3 is 10.1 Å². The lowest BCUT2D eigenvalue weighted by Crippen LogP contribution is -2.50. The number of rotatable bonds is 9. The van der Waals surface area contributed by atoms with Crippen LogP contribution >= 0.6 is 23.2 Å². The molecule has 2 aromatic rings. The molecule has 0 bridgehead atoms. The van der Waals surface area contributed by atoms with Crippen molar-refractivity contribution in [3.8, 4) is 5.75 Å². The standard InChI is InChI=1S/C22H23Cl2N3O4/c1-15(25-20(28)12-9-16-6-3-2-4-7-16)22(30)27-26-21(29)8-5-13-31-19-11-10-17(23)14-18(19)24/h2-4,6-7,9-12,14-15H,5,8,13H2,1H3,(H,25,28)(H,26,29)(H,27,30)/b12-9+. The van der Waals surface area contributed by atoms with Crippen LogP contribution in [0.5, 0.6) is 5.75 Å². The van der Waals surface area contributed by atoms with Gasteiger partial charge in [0.25, 0.3) is 5.91 Å². The summed E-state index contributed by atoms with van der Waals surface area (Å²) in [4.78, 5) is 35.8. The van der Waals surface area contributed by atoms with Crippen molar-refractivity contribution >= 4 is 47.0 Å². The third-order valence-electron chi connectivity index (χ3n) is 4.00. The van der Waals surface area contributed by atoms with Crippen LogP contribution in [0.15, 0.2) is 54.6 Å². The van der Waals surface area contributed by atoms with Gasteiger partial charge in [-0.25, -0.2) is 0 Å². The largest absolute Gasteiger partial charge is 0.492 e. The van der Waals surface area contributed by atoms with Gasteiger partial charge in [-0.15, -0.1) is 0 Å². The molecule has 31 heavy (non-hydrogen) atoms. The van der Waals surface area contributed by atoms with Crippen molar-refractivity contribution in [2.24, 2.45) is 0 Å². The second-order valence-corrected chi connectivity index (χ2v) is 7.38. The summed E-state index contributed by atoms with van der Waals surface area (Å²) in [5.41, 5.74) is 5.45. The van der Waals surface area contributed by atoms with Gasteiger partial charge in [0.15, 0.2) is 0 Å². The molecule has 3 N–H and O–H groups in total. The maximum Gasteiger partial charge on any atom is 0.260 e. The van der Waals surface area contributed by atoms with Crippen molar-refractivity contribution in [1.29, 1.82) is 0 Å². The molecule has 164 valence electrons. The number of nitrogens with one attached hydrogen (secondary N) is 3. The molecule has 0 aliphatic carbocycles. The van der Waals surface area contributed by atoms with Crippen molar-refractivity contribution < 1.29 is 19.1 Å². The van der Waals surface area contributed by atoms with Crippen LogP contribution in [0.1, 0.15) is 25.3 Å². The molecule has 0 saturated carbocycles. The number of carbonyl (C=O) groups is 3. The highest BCUT2D eigenvalue weighted by atomic mass is 35.5. The molecule has 0 aliphatic heterocycles. The number of carbonyl (C=O) groups excluding carboxylic acids is 3. The van der Waals surface area contributed by atoms with Crippen molar-refractivity contribution in [3.05, 3.63) is 70.2 Å². The van der Waals surface area contributed by atoms with Gasteiger partial charge in [0.05, 0.1) is 11.6 Å². The molecule has 7 nitrogen and oxygen atoms in total. The Bertz CT molecular complexity index is 936. The first kappa shape index (κ1) is 24.2. The summed E-state index contributed by atoms with van der Waals surface area (Å²) in [6.45, 7) is 1.78. The van der Waals surface area contributed by atoms with Crippen molar-refractivity contribution in [1.82, 2.24) is 16.2 Å². The van der Waals surface area contributed by atoms with Gasteiger partial charge >= 0.3 is 0 Å². The first-order valence-corrected chi connectivity index (χ1v) is 10.3. The Labute approximate surface area is 190 Å². The fourth-order valence-electron chi connectivity index (χ4n) is 2.37. The third-order valence-corrected chi connectivity index (χ3v) is 4.53. The summed E-state index contributed by atoms with van der Waals surface area (Å²) >= 11 is 11.8. The zero-order chi connectivity index (χ0) is 22.6. The van der Waals surface area contributed by atoms with E-state index >= 15 is 0 Å². The van der Waals surface area contributed by atoms with E-state index in [1.54, 1.807) is 24.3 Å². The minimum atomic E-state index is -0.830. The minimum absolute atomic E-state index is 0.131. The fourth-order valence-corrected chi connectivity index (χ4v) is 2.84. The Hall–Kier alpha value is -3.03. The van der Waals surface area contributed by atoms with Gasteiger partial charge in [0.1, 0.15) is 11.8 Å². The molecule has 0 fully saturated rings. The van der Waals surface area contributed by atoms with Crippen LogP contribution in [0.2, 0.25) is 10.0 Å².